The number of rotatable bonds is 4. The number of hydrogen-bond donors (Lipinski definition) is 0. The minimum Gasteiger partial charge on any atom is -0.381 e. The maximum absolute atomic E-state index is 13.0. The quantitative estimate of drug-likeness (QED) is 0.805. The van der Waals surface area contributed by atoms with E-state index in [9.17, 15) is 4.79 Å². The van der Waals surface area contributed by atoms with Crippen LogP contribution in [0, 0.1) is 0 Å². The lowest BCUT2D eigenvalue weighted by Gasteiger charge is -2.41. The van der Waals surface area contributed by atoms with Gasteiger partial charge >= 0.3 is 0 Å². The third-order valence-corrected chi connectivity index (χ3v) is 7.22. The molecule has 27 heavy (non-hydrogen) atoms. The predicted octanol–water partition coefficient (Wildman–Crippen LogP) is 3.57. The standard InChI is InChI=1S/C21H29N3O2S/c1-3-20-22-18-5-4-15(14-19(18)27-20)21(25)24-10-6-16(7-11-24)23-12-8-17(26-2)9-13-23/h4-5,14,16-17H,3,6-13H2,1-2H3. The van der Waals surface area contributed by atoms with E-state index in [-0.39, 0.29) is 5.91 Å². The number of thiazole rings is 1. The number of fused-ring (bicyclic) bond motifs is 1. The average molecular weight is 388 g/mol. The SMILES string of the molecule is CCc1nc2ccc(C(=O)N3CCC(N4CCC(OC)CC4)CC3)cc2s1. The normalized spacial score (nSPS) is 20.4. The second-order valence-corrected chi connectivity index (χ2v) is 8.75. The number of methoxy groups -OCH3 is 1. The monoisotopic (exact) mass is 387 g/mol. The van der Waals surface area contributed by atoms with E-state index in [0.29, 0.717) is 12.1 Å². The van der Waals surface area contributed by atoms with Crippen LogP contribution in [0.5, 0.6) is 0 Å². The molecule has 0 unspecified atom stereocenters. The van der Waals surface area contributed by atoms with Crippen molar-refractivity contribution in [2.45, 2.75) is 51.2 Å². The summed E-state index contributed by atoms with van der Waals surface area (Å²) in [5, 5.41) is 1.13. The Hall–Kier alpha value is -1.50. The lowest BCUT2D eigenvalue weighted by molar-refractivity contribution is 0.0145. The fraction of sp³-hybridized carbons (Fsp3) is 0.619. The lowest BCUT2D eigenvalue weighted by Crippen LogP contribution is -2.49. The van der Waals surface area contributed by atoms with Crippen LogP contribution < -0.4 is 0 Å². The van der Waals surface area contributed by atoms with Gasteiger partial charge in [-0.2, -0.15) is 0 Å². The topological polar surface area (TPSA) is 45.7 Å². The number of ether oxygens (including phenoxy) is 1. The highest BCUT2D eigenvalue weighted by molar-refractivity contribution is 7.18. The summed E-state index contributed by atoms with van der Waals surface area (Å²) >= 11 is 1.70. The molecule has 0 saturated carbocycles. The Labute approximate surface area is 165 Å². The third kappa shape index (κ3) is 4.03. The van der Waals surface area contributed by atoms with Gasteiger partial charge in [-0.15, -0.1) is 11.3 Å². The first kappa shape index (κ1) is 18.8. The molecule has 2 aliphatic rings. The van der Waals surface area contributed by atoms with Gasteiger partial charge in [-0.25, -0.2) is 4.98 Å². The van der Waals surface area contributed by atoms with Crippen molar-refractivity contribution in [3.63, 3.8) is 0 Å². The highest BCUT2D eigenvalue weighted by Gasteiger charge is 2.30. The summed E-state index contributed by atoms with van der Waals surface area (Å²) < 4.78 is 6.60. The van der Waals surface area contributed by atoms with Gasteiger partial charge in [0.2, 0.25) is 0 Å². The highest BCUT2D eigenvalue weighted by Crippen LogP contribution is 2.26. The molecule has 2 aliphatic heterocycles. The van der Waals surface area contributed by atoms with Gasteiger partial charge in [-0.05, 0) is 50.3 Å². The molecule has 0 N–H and O–H groups in total. The molecule has 0 radical (unpaired) electrons. The van der Waals surface area contributed by atoms with Crippen LogP contribution in [0.3, 0.4) is 0 Å². The number of nitrogens with zero attached hydrogens (tertiary/aromatic N) is 3. The minimum absolute atomic E-state index is 0.167. The minimum atomic E-state index is 0.167. The van der Waals surface area contributed by atoms with Crippen molar-refractivity contribution in [1.29, 1.82) is 0 Å². The molecule has 2 saturated heterocycles. The number of carbonyl (C=O) groups excluding carboxylic acids is 1. The first-order valence-corrected chi connectivity index (χ1v) is 10.9. The Kier molecular flexibility index (Phi) is 5.76. The van der Waals surface area contributed by atoms with Gasteiger partial charge in [0, 0.05) is 44.9 Å². The van der Waals surface area contributed by atoms with E-state index >= 15 is 0 Å². The Morgan fingerprint density at radius 3 is 2.59 bits per heavy atom. The van der Waals surface area contributed by atoms with E-state index in [1.165, 1.54) is 0 Å². The van der Waals surface area contributed by atoms with Gasteiger partial charge in [-0.1, -0.05) is 6.92 Å². The summed E-state index contributed by atoms with van der Waals surface area (Å²) in [6.45, 7) is 6.08. The second kappa shape index (κ2) is 8.25. The van der Waals surface area contributed by atoms with E-state index in [2.05, 4.69) is 16.8 Å². The number of hydrogen-bond acceptors (Lipinski definition) is 5. The highest BCUT2D eigenvalue weighted by atomic mass is 32.1. The van der Waals surface area contributed by atoms with Crippen molar-refractivity contribution in [3.8, 4) is 0 Å². The maximum Gasteiger partial charge on any atom is 0.253 e. The molecule has 0 spiro atoms. The molecule has 0 atom stereocenters. The summed E-state index contributed by atoms with van der Waals surface area (Å²) in [4.78, 5) is 22.2. The molecule has 4 rings (SSSR count). The van der Waals surface area contributed by atoms with Gasteiger partial charge in [0.1, 0.15) is 0 Å². The third-order valence-electron chi connectivity index (χ3n) is 6.06. The molecule has 2 aromatic rings. The Morgan fingerprint density at radius 2 is 1.93 bits per heavy atom. The van der Waals surface area contributed by atoms with E-state index in [4.69, 9.17) is 4.74 Å². The zero-order valence-corrected chi connectivity index (χ0v) is 17.1. The van der Waals surface area contributed by atoms with Crippen LogP contribution in [-0.4, -0.2) is 66.1 Å². The van der Waals surface area contributed by atoms with Gasteiger partial charge in [0.15, 0.2) is 0 Å². The summed E-state index contributed by atoms with van der Waals surface area (Å²) in [6, 6.07) is 6.56. The average Bonchev–Trinajstić information content (AvgIpc) is 3.16. The van der Waals surface area contributed by atoms with E-state index < -0.39 is 0 Å². The fourth-order valence-electron chi connectivity index (χ4n) is 4.35. The van der Waals surface area contributed by atoms with Crippen molar-refractivity contribution in [1.82, 2.24) is 14.8 Å². The number of benzene rings is 1. The maximum atomic E-state index is 13.0. The number of amides is 1. The lowest BCUT2D eigenvalue weighted by atomic mass is 9.98. The number of aryl methyl sites for hydroxylation is 1. The molecule has 1 amide bonds. The molecular formula is C21H29N3O2S. The zero-order valence-electron chi connectivity index (χ0n) is 16.3. The molecule has 6 heteroatoms. The molecular weight excluding hydrogens is 358 g/mol. The van der Waals surface area contributed by atoms with E-state index in [0.717, 1.165) is 79.1 Å². The Morgan fingerprint density at radius 1 is 1.19 bits per heavy atom. The van der Waals surface area contributed by atoms with Gasteiger partial charge in [0.05, 0.1) is 21.3 Å². The largest absolute Gasteiger partial charge is 0.381 e. The van der Waals surface area contributed by atoms with Gasteiger partial charge < -0.3 is 14.5 Å². The van der Waals surface area contributed by atoms with Gasteiger partial charge in [-0.3, -0.25) is 4.79 Å². The Bertz CT molecular complexity index is 790. The molecule has 1 aromatic heterocycles. The van der Waals surface area contributed by atoms with Crippen LogP contribution in [0.15, 0.2) is 18.2 Å². The summed E-state index contributed by atoms with van der Waals surface area (Å²) in [5.41, 5.74) is 1.81. The van der Waals surface area contributed by atoms with Gasteiger partial charge in [0.25, 0.3) is 5.91 Å². The van der Waals surface area contributed by atoms with E-state index in [1.54, 1.807) is 11.3 Å². The van der Waals surface area contributed by atoms with Crippen molar-refractivity contribution >= 4 is 27.5 Å². The van der Waals surface area contributed by atoms with Crippen LogP contribution in [0.1, 0.15) is 48.0 Å². The first-order chi connectivity index (χ1) is 13.2. The number of likely N-dealkylation sites (tertiary alicyclic amines) is 2. The molecule has 5 nitrogen and oxygen atoms in total. The predicted molar refractivity (Wildman–Crippen MR) is 110 cm³/mol. The van der Waals surface area contributed by atoms with Crippen molar-refractivity contribution < 1.29 is 9.53 Å². The Balaban J connectivity index is 1.36. The molecule has 146 valence electrons. The van der Waals surface area contributed by atoms with Crippen LogP contribution in [0.25, 0.3) is 10.2 Å². The van der Waals surface area contributed by atoms with Crippen LogP contribution in [0.4, 0.5) is 0 Å². The van der Waals surface area contributed by atoms with E-state index in [1.807, 2.05) is 30.2 Å². The summed E-state index contributed by atoms with van der Waals surface area (Å²) in [6.07, 6.45) is 5.78. The van der Waals surface area contributed by atoms with Crippen molar-refractivity contribution in [3.05, 3.63) is 28.8 Å². The zero-order chi connectivity index (χ0) is 18.8. The smallest absolute Gasteiger partial charge is 0.253 e. The fourth-order valence-corrected chi connectivity index (χ4v) is 5.30. The second-order valence-electron chi connectivity index (χ2n) is 7.64. The first-order valence-electron chi connectivity index (χ1n) is 10.1. The molecule has 2 fully saturated rings. The number of piperidine rings is 2. The summed E-state index contributed by atoms with van der Waals surface area (Å²) in [7, 11) is 1.82. The molecule has 0 aliphatic carbocycles. The van der Waals surface area contributed by atoms with Crippen LogP contribution in [0.2, 0.25) is 0 Å². The number of aromatic nitrogens is 1. The summed E-state index contributed by atoms with van der Waals surface area (Å²) in [5.74, 6) is 0.167. The molecule has 1 aromatic carbocycles. The van der Waals surface area contributed by atoms with Crippen LogP contribution in [-0.2, 0) is 11.2 Å². The number of carbonyl (C=O) groups is 1. The molecule has 3 heterocycles. The van der Waals surface area contributed by atoms with Crippen LogP contribution >= 0.6 is 11.3 Å². The van der Waals surface area contributed by atoms with Crippen molar-refractivity contribution in [2.24, 2.45) is 0 Å². The molecule has 0 bridgehead atoms. The van der Waals surface area contributed by atoms with Crippen molar-refractivity contribution in [2.75, 3.05) is 33.3 Å².